The summed E-state index contributed by atoms with van der Waals surface area (Å²) in [5, 5.41) is 2.97. The summed E-state index contributed by atoms with van der Waals surface area (Å²) >= 11 is 2.98. The summed E-state index contributed by atoms with van der Waals surface area (Å²) < 4.78 is 29.9. The van der Waals surface area contributed by atoms with E-state index in [0.29, 0.717) is 25.1 Å². The molecule has 0 spiro atoms. The highest BCUT2D eigenvalue weighted by molar-refractivity contribution is 7.89. The van der Waals surface area contributed by atoms with Crippen LogP contribution in [-0.2, 0) is 14.8 Å². The normalized spacial score (nSPS) is 20.3. The van der Waals surface area contributed by atoms with Gasteiger partial charge in [0.15, 0.2) is 0 Å². The number of nitrogens with one attached hydrogen (secondary N) is 1. The third-order valence-electron chi connectivity index (χ3n) is 5.69. The first-order valence-corrected chi connectivity index (χ1v) is 13.1. The number of fused-ring (bicyclic) bond motifs is 2. The zero-order chi connectivity index (χ0) is 21.6. The lowest BCUT2D eigenvalue weighted by Crippen LogP contribution is -2.46. The van der Waals surface area contributed by atoms with E-state index in [1.807, 2.05) is 25.1 Å². The molecule has 160 valence electrons. The maximum atomic E-state index is 13.2. The van der Waals surface area contributed by atoms with Gasteiger partial charge in [-0.05, 0) is 56.2 Å². The average molecular weight is 473 g/mol. The van der Waals surface area contributed by atoms with Gasteiger partial charge in [-0.2, -0.15) is 4.31 Å². The van der Waals surface area contributed by atoms with Gasteiger partial charge >= 0.3 is 0 Å². The summed E-state index contributed by atoms with van der Waals surface area (Å²) in [6.45, 7) is 2.18. The van der Waals surface area contributed by atoms with Gasteiger partial charge in [-0.25, -0.2) is 18.4 Å². The Morgan fingerprint density at radius 3 is 2.65 bits per heavy atom. The van der Waals surface area contributed by atoms with E-state index < -0.39 is 10.0 Å². The van der Waals surface area contributed by atoms with Gasteiger partial charge in [0.05, 0.1) is 36.3 Å². The molecule has 1 aliphatic rings. The zero-order valence-corrected chi connectivity index (χ0v) is 19.1. The van der Waals surface area contributed by atoms with Crippen molar-refractivity contribution >= 4 is 64.7 Å². The van der Waals surface area contributed by atoms with E-state index in [4.69, 9.17) is 0 Å². The Labute approximate surface area is 187 Å². The first-order chi connectivity index (χ1) is 14.9. The standard InChI is InChI=1S/C21H20N4O3S3/c1-13-8-14(21(26)24-15-2-5-19-18(9-15)23-12-29-19)6-7-25(13)31(27,28)16-3-4-17-20(10-16)30-11-22-17/h2-5,9-14H,6-8H2,1H3,(H,24,26)/t13-,14+/m0/s1. The number of amides is 1. The molecule has 1 fully saturated rings. The molecule has 3 heterocycles. The van der Waals surface area contributed by atoms with Crippen LogP contribution in [0.2, 0.25) is 0 Å². The van der Waals surface area contributed by atoms with Crippen molar-refractivity contribution in [1.29, 1.82) is 0 Å². The van der Waals surface area contributed by atoms with E-state index in [1.54, 1.807) is 40.6 Å². The number of hydrogen-bond donors (Lipinski definition) is 1. The number of piperidine rings is 1. The van der Waals surface area contributed by atoms with E-state index >= 15 is 0 Å². The second-order valence-corrected chi connectivity index (χ2v) is 11.4. The highest BCUT2D eigenvalue weighted by Gasteiger charge is 2.37. The molecule has 1 amide bonds. The van der Waals surface area contributed by atoms with Crippen molar-refractivity contribution in [2.24, 2.45) is 5.92 Å². The Hall–Kier alpha value is -2.40. The van der Waals surface area contributed by atoms with Crippen LogP contribution >= 0.6 is 22.7 Å². The molecule has 0 saturated carbocycles. The Bertz CT molecular complexity index is 1380. The van der Waals surface area contributed by atoms with Crippen LogP contribution in [0.4, 0.5) is 5.69 Å². The van der Waals surface area contributed by atoms with Crippen molar-refractivity contribution in [3.8, 4) is 0 Å². The number of nitrogens with zero attached hydrogens (tertiary/aromatic N) is 3. The maximum Gasteiger partial charge on any atom is 0.243 e. The third-order valence-corrected chi connectivity index (χ3v) is 9.30. The highest BCUT2D eigenvalue weighted by atomic mass is 32.2. The van der Waals surface area contributed by atoms with E-state index in [9.17, 15) is 13.2 Å². The van der Waals surface area contributed by atoms with Gasteiger partial charge in [0.25, 0.3) is 0 Å². The molecule has 2 aromatic heterocycles. The van der Waals surface area contributed by atoms with Crippen LogP contribution in [0.25, 0.3) is 20.4 Å². The lowest BCUT2D eigenvalue weighted by atomic mass is 9.92. The fourth-order valence-electron chi connectivity index (χ4n) is 4.06. The number of anilines is 1. The summed E-state index contributed by atoms with van der Waals surface area (Å²) in [5.41, 5.74) is 5.85. The molecule has 31 heavy (non-hydrogen) atoms. The molecule has 0 bridgehead atoms. The zero-order valence-electron chi connectivity index (χ0n) is 16.7. The van der Waals surface area contributed by atoms with Gasteiger partial charge in [-0.15, -0.1) is 22.7 Å². The first kappa shape index (κ1) is 20.5. The molecule has 2 aromatic carbocycles. The Morgan fingerprint density at radius 2 is 1.84 bits per heavy atom. The highest BCUT2D eigenvalue weighted by Crippen LogP contribution is 2.31. The van der Waals surface area contributed by atoms with E-state index in [0.717, 1.165) is 20.4 Å². The number of hydrogen-bond acceptors (Lipinski definition) is 7. The number of rotatable bonds is 4. The summed E-state index contributed by atoms with van der Waals surface area (Å²) in [6.07, 6.45) is 0.962. The molecule has 10 heteroatoms. The number of aromatic nitrogens is 2. The lowest BCUT2D eigenvalue weighted by Gasteiger charge is -2.36. The monoisotopic (exact) mass is 472 g/mol. The van der Waals surface area contributed by atoms with Crippen LogP contribution in [0.5, 0.6) is 0 Å². The molecule has 0 radical (unpaired) electrons. The van der Waals surface area contributed by atoms with E-state index in [2.05, 4.69) is 15.3 Å². The third kappa shape index (κ3) is 3.84. The van der Waals surface area contributed by atoms with Gasteiger partial charge in [-0.1, -0.05) is 0 Å². The molecule has 1 saturated heterocycles. The fraction of sp³-hybridized carbons (Fsp3) is 0.286. The molecule has 7 nitrogen and oxygen atoms in total. The fourth-order valence-corrected chi connectivity index (χ4v) is 7.19. The van der Waals surface area contributed by atoms with Crippen LogP contribution in [0, 0.1) is 5.92 Å². The summed E-state index contributed by atoms with van der Waals surface area (Å²) in [6, 6.07) is 10.4. The van der Waals surface area contributed by atoms with Crippen LogP contribution in [0.3, 0.4) is 0 Å². The molecular formula is C21H20N4O3S3. The minimum atomic E-state index is -3.63. The molecular weight excluding hydrogens is 452 g/mol. The number of carbonyl (C=O) groups is 1. The average Bonchev–Trinajstić information content (AvgIpc) is 3.41. The van der Waals surface area contributed by atoms with Gasteiger partial charge in [0.2, 0.25) is 15.9 Å². The van der Waals surface area contributed by atoms with Crippen molar-refractivity contribution < 1.29 is 13.2 Å². The Balaban J connectivity index is 1.29. The molecule has 5 rings (SSSR count). The molecule has 0 unspecified atom stereocenters. The largest absolute Gasteiger partial charge is 0.326 e. The Morgan fingerprint density at radius 1 is 1.06 bits per heavy atom. The van der Waals surface area contributed by atoms with Crippen LogP contribution in [0.1, 0.15) is 19.8 Å². The number of benzene rings is 2. The maximum absolute atomic E-state index is 13.2. The lowest BCUT2D eigenvalue weighted by molar-refractivity contribution is -0.121. The van der Waals surface area contributed by atoms with Crippen LogP contribution in [0.15, 0.2) is 52.3 Å². The van der Waals surface area contributed by atoms with Crippen molar-refractivity contribution in [3.05, 3.63) is 47.4 Å². The minimum Gasteiger partial charge on any atom is -0.326 e. The van der Waals surface area contributed by atoms with Crippen molar-refractivity contribution in [2.75, 3.05) is 11.9 Å². The Kier molecular flexibility index (Phi) is 5.25. The predicted molar refractivity (Wildman–Crippen MR) is 124 cm³/mol. The van der Waals surface area contributed by atoms with Crippen molar-refractivity contribution in [2.45, 2.75) is 30.7 Å². The SMILES string of the molecule is C[C@H]1C[C@H](C(=O)Nc2ccc3scnc3c2)CCN1S(=O)(=O)c1ccc2ncsc2c1. The van der Waals surface area contributed by atoms with Crippen LogP contribution in [-0.4, -0.2) is 41.2 Å². The van der Waals surface area contributed by atoms with Gasteiger partial charge in [-0.3, -0.25) is 4.79 Å². The predicted octanol–water partition coefficient (Wildman–Crippen LogP) is 4.33. The molecule has 4 aromatic rings. The number of carbonyl (C=O) groups excluding carboxylic acids is 1. The number of thiazole rings is 2. The van der Waals surface area contributed by atoms with Crippen molar-refractivity contribution in [1.82, 2.24) is 14.3 Å². The first-order valence-electron chi connectivity index (χ1n) is 9.91. The summed E-state index contributed by atoms with van der Waals surface area (Å²) in [5.74, 6) is -0.318. The summed E-state index contributed by atoms with van der Waals surface area (Å²) in [7, 11) is -3.63. The van der Waals surface area contributed by atoms with Gasteiger partial charge < -0.3 is 5.32 Å². The van der Waals surface area contributed by atoms with Gasteiger partial charge in [0.1, 0.15) is 0 Å². The number of sulfonamides is 1. The minimum absolute atomic E-state index is 0.0791. The van der Waals surface area contributed by atoms with Gasteiger partial charge in [0, 0.05) is 24.2 Å². The van der Waals surface area contributed by atoms with Crippen LogP contribution < -0.4 is 5.32 Å². The quantitative estimate of drug-likeness (QED) is 0.477. The van der Waals surface area contributed by atoms with Crippen molar-refractivity contribution in [3.63, 3.8) is 0 Å². The van der Waals surface area contributed by atoms with E-state index in [1.165, 1.54) is 15.6 Å². The second-order valence-electron chi connectivity index (χ2n) is 7.69. The molecule has 1 N–H and O–H groups in total. The smallest absolute Gasteiger partial charge is 0.243 e. The molecule has 2 atom stereocenters. The van der Waals surface area contributed by atoms with E-state index in [-0.39, 0.29) is 22.8 Å². The molecule has 1 aliphatic heterocycles. The summed E-state index contributed by atoms with van der Waals surface area (Å²) in [4.78, 5) is 21.6. The molecule has 0 aliphatic carbocycles. The second kappa shape index (κ2) is 7.94. The topological polar surface area (TPSA) is 92.3 Å².